The van der Waals surface area contributed by atoms with Gasteiger partial charge in [-0.2, -0.15) is 4.98 Å². The van der Waals surface area contributed by atoms with Crippen molar-refractivity contribution in [3.05, 3.63) is 58.1 Å². The lowest BCUT2D eigenvalue weighted by molar-refractivity contribution is -0.122. The zero-order chi connectivity index (χ0) is 18.7. The Balaban J connectivity index is 1.65. The van der Waals surface area contributed by atoms with Crippen LogP contribution in [0.15, 0.2) is 47.0 Å². The fourth-order valence-corrected chi connectivity index (χ4v) is 2.48. The van der Waals surface area contributed by atoms with Crippen LogP contribution in [0.4, 0.5) is 5.95 Å². The fraction of sp³-hybridized carbons (Fsp3) is 0.167. The van der Waals surface area contributed by atoms with Gasteiger partial charge >= 0.3 is 0 Å². The minimum atomic E-state index is -0.760. The summed E-state index contributed by atoms with van der Waals surface area (Å²) >= 11 is 11.9. The van der Waals surface area contributed by atoms with Crippen molar-refractivity contribution in [1.29, 1.82) is 0 Å². The topological polar surface area (TPSA) is 77.2 Å². The van der Waals surface area contributed by atoms with E-state index in [9.17, 15) is 4.79 Å². The predicted molar refractivity (Wildman–Crippen MR) is 99.7 cm³/mol. The number of aryl methyl sites for hydroxylation is 1. The van der Waals surface area contributed by atoms with Crippen molar-refractivity contribution >= 4 is 35.1 Å². The van der Waals surface area contributed by atoms with E-state index in [4.69, 9.17) is 32.5 Å². The lowest BCUT2D eigenvalue weighted by Gasteiger charge is -2.14. The molecule has 0 spiro atoms. The molecule has 0 aliphatic carbocycles. The van der Waals surface area contributed by atoms with Crippen molar-refractivity contribution in [3.63, 3.8) is 0 Å². The molecule has 3 rings (SSSR count). The molecule has 0 saturated carbocycles. The summed E-state index contributed by atoms with van der Waals surface area (Å²) in [6, 6.07) is 12.1. The molecule has 1 unspecified atom stereocenters. The van der Waals surface area contributed by atoms with Crippen molar-refractivity contribution in [3.8, 4) is 17.2 Å². The summed E-state index contributed by atoms with van der Waals surface area (Å²) in [5, 5.41) is 7.48. The van der Waals surface area contributed by atoms with Crippen LogP contribution in [0.3, 0.4) is 0 Å². The molecule has 26 heavy (non-hydrogen) atoms. The Bertz CT molecular complexity index is 943. The van der Waals surface area contributed by atoms with Gasteiger partial charge in [-0.3, -0.25) is 10.1 Å². The minimum Gasteiger partial charge on any atom is -0.481 e. The first-order chi connectivity index (χ1) is 12.4. The monoisotopic (exact) mass is 391 g/mol. The average Bonchev–Trinajstić information content (AvgIpc) is 3.06. The maximum absolute atomic E-state index is 12.3. The van der Waals surface area contributed by atoms with E-state index in [2.05, 4.69) is 15.5 Å². The molecule has 0 bridgehead atoms. The first-order valence-electron chi connectivity index (χ1n) is 7.75. The third-order valence-electron chi connectivity index (χ3n) is 3.54. The van der Waals surface area contributed by atoms with Gasteiger partial charge in [-0.05, 0) is 61.0 Å². The summed E-state index contributed by atoms with van der Waals surface area (Å²) in [4.78, 5) is 16.4. The Morgan fingerprint density at radius 3 is 2.77 bits per heavy atom. The molecule has 1 heterocycles. The van der Waals surface area contributed by atoms with Crippen molar-refractivity contribution in [2.24, 2.45) is 0 Å². The highest BCUT2D eigenvalue weighted by atomic mass is 35.5. The maximum atomic E-state index is 12.3. The zero-order valence-electron chi connectivity index (χ0n) is 14.0. The van der Waals surface area contributed by atoms with E-state index in [-0.39, 0.29) is 11.8 Å². The van der Waals surface area contributed by atoms with Gasteiger partial charge in [-0.25, -0.2) is 0 Å². The number of halogens is 2. The second kappa shape index (κ2) is 7.76. The standard InChI is InChI=1S/C18H15Cl2N3O3/c1-10-8-14(6-7-15(10)20)25-11(2)16(24)21-18-22-17(26-23-18)12-4-3-5-13(19)9-12/h3-9,11H,1-2H3,(H,21,23,24). The van der Waals surface area contributed by atoms with Crippen LogP contribution in [-0.2, 0) is 4.79 Å². The molecule has 6 nitrogen and oxygen atoms in total. The second-order valence-corrected chi connectivity index (χ2v) is 6.44. The second-order valence-electron chi connectivity index (χ2n) is 5.59. The average molecular weight is 392 g/mol. The van der Waals surface area contributed by atoms with Crippen LogP contribution in [0.2, 0.25) is 10.0 Å². The van der Waals surface area contributed by atoms with E-state index >= 15 is 0 Å². The summed E-state index contributed by atoms with van der Waals surface area (Å²) in [6.45, 7) is 3.48. The van der Waals surface area contributed by atoms with Crippen LogP contribution in [0.25, 0.3) is 11.5 Å². The van der Waals surface area contributed by atoms with Crippen LogP contribution in [-0.4, -0.2) is 22.2 Å². The highest BCUT2D eigenvalue weighted by molar-refractivity contribution is 6.31. The molecule has 1 amide bonds. The maximum Gasteiger partial charge on any atom is 0.270 e. The number of anilines is 1. The number of hydrogen-bond donors (Lipinski definition) is 1. The molecule has 1 aromatic heterocycles. The van der Waals surface area contributed by atoms with E-state index in [1.165, 1.54) is 0 Å². The van der Waals surface area contributed by atoms with Gasteiger partial charge in [0.25, 0.3) is 17.7 Å². The number of amides is 1. The van der Waals surface area contributed by atoms with Gasteiger partial charge in [0, 0.05) is 15.6 Å². The molecule has 0 saturated heterocycles. The molecular formula is C18H15Cl2N3O3. The van der Waals surface area contributed by atoms with Gasteiger partial charge in [0.2, 0.25) is 0 Å². The van der Waals surface area contributed by atoms with Crippen LogP contribution in [0, 0.1) is 6.92 Å². The molecule has 0 fully saturated rings. The van der Waals surface area contributed by atoms with Gasteiger partial charge in [-0.1, -0.05) is 29.3 Å². The van der Waals surface area contributed by atoms with Crippen molar-refractivity contribution in [2.75, 3.05) is 5.32 Å². The molecule has 1 atom stereocenters. The van der Waals surface area contributed by atoms with Gasteiger partial charge in [-0.15, -0.1) is 0 Å². The quantitative estimate of drug-likeness (QED) is 0.678. The summed E-state index contributed by atoms with van der Waals surface area (Å²) < 4.78 is 10.8. The number of nitrogens with zero attached hydrogens (tertiary/aromatic N) is 2. The van der Waals surface area contributed by atoms with E-state index in [1.54, 1.807) is 49.4 Å². The number of hydrogen-bond acceptors (Lipinski definition) is 5. The SMILES string of the molecule is Cc1cc(OC(C)C(=O)Nc2noc(-c3cccc(Cl)c3)n2)ccc1Cl. The van der Waals surface area contributed by atoms with Crippen LogP contribution in [0.5, 0.6) is 5.75 Å². The summed E-state index contributed by atoms with van der Waals surface area (Å²) in [5.41, 5.74) is 1.52. The smallest absolute Gasteiger partial charge is 0.270 e. The number of carbonyl (C=O) groups excluding carboxylic acids is 1. The van der Waals surface area contributed by atoms with Crippen LogP contribution < -0.4 is 10.1 Å². The predicted octanol–water partition coefficient (Wildman–Crippen LogP) is 4.76. The minimum absolute atomic E-state index is 0.0488. The summed E-state index contributed by atoms with van der Waals surface area (Å²) in [7, 11) is 0. The van der Waals surface area contributed by atoms with E-state index < -0.39 is 12.0 Å². The van der Waals surface area contributed by atoms with Crippen molar-refractivity contribution < 1.29 is 14.1 Å². The fourth-order valence-electron chi connectivity index (χ4n) is 2.17. The summed E-state index contributed by atoms with van der Waals surface area (Å²) in [6.07, 6.45) is -0.760. The molecule has 0 radical (unpaired) electrons. The van der Waals surface area contributed by atoms with E-state index in [1.807, 2.05) is 6.92 Å². The Hall–Kier alpha value is -2.57. The van der Waals surface area contributed by atoms with Crippen molar-refractivity contribution in [2.45, 2.75) is 20.0 Å². The number of aromatic nitrogens is 2. The third-order valence-corrected chi connectivity index (χ3v) is 4.20. The van der Waals surface area contributed by atoms with Crippen molar-refractivity contribution in [1.82, 2.24) is 10.1 Å². The summed E-state index contributed by atoms with van der Waals surface area (Å²) in [5.74, 6) is 0.440. The lowest BCUT2D eigenvalue weighted by atomic mass is 10.2. The Kier molecular flexibility index (Phi) is 5.44. The Morgan fingerprint density at radius 2 is 2.04 bits per heavy atom. The molecule has 3 aromatic rings. The number of benzene rings is 2. The van der Waals surface area contributed by atoms with Gasteiger partial charge in [0.1, 0.15) is 5.75 Å². The number of nitrogens with one attached hydrogen (secondary N) is 1. The highest BCUT2D eigenvalue weighted by Gasteiger charge is 2.18. The lowest BCUT2D eigenvalue weighted by Crippen LogP contribution is -2.30. The van der Waals surface area contributed by atoms with Gasteiger partial charge in [0.15, 0.2) is 6.10 Å². The molecule has 2 aromatic carbocycles. The Labute approximate surface area is 160 Å². The molecule has 0 aliphatic rings. The normalized spacial score (nSPS) is 11.8. The number of carbonyl (C=O) groups is 1. The first-order valence-corrected chi connectivity index (χ1v) is 8.51. The molecule has 134 valence electrons. The first kappa shape index (κ1) is 18.2. The highest BCUT2D eigenvalue weighted by Crippen LogP contribution is 2.23. The van der Waals surface area contributed by atoms with E-state index in [0.717, 1.165) is 5.56 Å². The zero-order valence-corrected chi connectivity index (χ0v) is 15.5. The number of ether oxygens (including phenoxy) is 1. The molecule has 8 heteroatoms. The molecular weight excluding hydrogens is 377 g/mol. The Morgan fingerprint density at radius 1 is 1.23 bits per heavy atom. The van der Waals surface area contributed by atoms with Crippen LogP contribution >= 0.6 is 23.2 Å². The van der Waals surface area contributed by atoms with E-state index in [0.29, 0.717) is 21.4 Å². The third kappa shape index (κ3) is 4.33. The molecule has 1 N–H and O–H groups in total. The van der Waals surface area contributed by atoms with Crippen LogP contribution in [0.1, 0.15) is 12.5 Å². The molecule has 0 aliphatic heterocycles. The van der Waals surface area contributed by atoms with Gasteiger partial charge in [0.05, 0.1) is 0 Å². The van der Waals surface area contributed by atoms with Gasteiger partial charge < -0.3 is 9.26 Å². The largest absolute Gasteiger partial charge is 0.481 e. The number of rotatable bonds is 5.